The van der Waals surface area contributed by atoms with Crippen molar-refractivity contribution in [3.05, 3.63) is 66.2 Å². The zero-order valence-electron chi connectivity index (χ0n) is 18.1. The molecule has 0 aliphatic carbocycles. The predicted octanol–water partition coefficient (Wildman–Crippen LogP) is 4.67. The molecular weight excluding hydrogens is 409 g/mol. The third-order valence-electron chi connectivity index (χ3n) is 5.19. The van der Waals surface area contributed by atoms with E-state index in [1.807, 2.05) is 25.1 Å². The number of rotatable bonds is 7. The van der Waals surface area contributed by atoms with E-state index in [1.165, 1.54) is 25.0 Å². The van der Waals surface area contributed by atoms with E-state index in [2.05, 4.69) is 25.5 Å². The van der Waals surface area contributed by atoms with Crippen LogP contribution < -0.4 is 20.3 Å². The Morgan fingerprint density at radius 3 is 2.47 bits per heavy atom. The molecule has 1 saturated heterocycles. The highest BCUT2D eigenvalue weighted by Gasteiger charge is 2.17. The summed E-state index contributed by atoms with van der Waals surface area (Å²) < 4.78 is 19.2. The molecule has 2 N–H and O–H groups in total. The van der Waals surface area contributed by atoms with Crippen LogP contribution in [0.15, 0.2) is 54.6 Å². The third-order valence-corrected chi connectivity index (χ3v) is 5.19. The van der Waals surface area contributed by atoms with Gasteiger partial charge in [-0.1, -0.05) is 12.1 Å². The Bertz CT molecular complexity index is 1080. The molecule has 1 amide bonds. The molecule has 7 nitrogen and oxygen atoms in total. The molecule has 1 fully saturated rings. The molecule has 1 unspecified atom stereocenters. The first kappa shape index (κ1) is 21.5. The van der Waals surface area contributed by atoms with Crippen LogP contribution in [0.1, 0.15) is 25.6 Å². The molecule has 166 valence electrons. The van der Waals surface area contributed by atoms with Gasteiger partial charge in [0.1, 0.15) is 17.5 Å². The number of aromatic nitrogens is 2. The molecule has 4 rings (SSSR count). The molecule has 1 aromatic heterocycles. The summed E-state index contributed by atoms with van der Waals surface area (Å²) >= 11 is 0. The number of carbonyl (C=O) groups is 1. The molecule has 0 bridgehead atoms. The second-order valence-electron chi connectivity index (χ2n) is 7.73. The Kier molecular flexibility index (Phi) is 6.49. The molecule has 1 aliphatic heterocycles. The van der Waals surface area contributed by atoms with Crippen molar-refractivity contribution >= 4 is 28.9 Å². The van der Waals surface area contributed by atoms with E-state index in [4.69, 9.17) is 4.74 Å². The maximum atomic E-state index is 13.7. The van der Waals surface area contributed by atoms with Gasteiger partial charge in [0, 0.05) is 30.5 Å². The van der Waals surface area contributed by atoms with Crippen LogP contribution in [0.5, 0.6) is 5.75 Å². The minimum Gasteiger partial charge on any atom is -0.478 e. The molecule has 1 atom stereocenters. The van der Waals surface area contributed by atoms with E-state index in [1.54, 1.807) is 31.2 Å². The maximum absolute atomic E-state index is 13.7. The van der Waals surface area contributed by atoms with Crippen molar-refractivity contribution in [2.45, 2.75) is 32.8 Å². The highest BCUT2D eigenvalue weighted by molar-refractivity contribution is 5.94. The molecule has 0 spiro atoms. The largest absolute Gasteiger partial charge is 0.478 e. The van der Waals surface area contributed by atoms with Crippen molar-refractivity contribution in [3.8, 4) is 5.75 Å². The van der Waals surface area contributed by atoms with Gasteiger partial charge in [-0.25, -0.2) is 14.4 Å². The number of hydrogen-bond acceptors (Lipinski definition) is 6. The normalized spacial score (nSPS) is 14.2. The Morgan fingerprint density at radius 1 is 1.06 bits per heavy atom. The van der Waals surface area contributed by atoms with Crippen molar-refractivity contribution in [3.63, 3.8) is 0 Å². The number of benzene rings is 2. The first-order valence-corrected chi connectivity index (χ1v) is 10.7. The first-order valence-electron chi connectivity index (χ1n) is 10.7. The Morgan fingerprint density at radius 2 is 1.75 bits per heavy atom. The number of ether oxygens (including phenoxy) is 1. The molecule has 2 heterocycles. The SMILES string of the molecule is Cc1nc(Nc2ccc(NC(=O)C(C)Oc3ccccc3F)cc2)cc(N2CCCC2)n1. The van der Waals surface area contributed by atoms with Gasteiger partial charge in [0.05, 0.1) is 0 Å². The lowest BCUT2D eigenvalue weighted by Crippen LogP contribution is -2.30. The van der Waals surface area contributed by atoms with E-state index >= 15 is 0 Å². The summed E-state index contributed by atoms with van der Waals surface area (Å²) in [7, 11) is 0. The number of nitrogens with one attached hydrogen (secondary N) is 2. The van der Waals surface area contributed by atoms with Crippen molar-refractivity contribution in [2.75, 3.05) is 28.6 Å². The fourth-order valence-electron chi connectivity index (χ4n) is 3.54. The Hall–Kier alpha value is -3.68. The molecule has 3 aromatic rings. The first-order chi connectivity index (χ1) is 15.5. The van der Waals surface area contributed by atoms with Gasteiger partial charge in [-0.15, -0.1) is 0 Å². The summed E-state index contributed by atoms with van der Waals surface area (Å²) in [6.45, 7) is 5.49. The van der Waals surface area contributed by atoms with E-state index in [9.17, 15) is 9.18 Å². The third kappa shape index (κ3) is 5.32. The van der Waals surface area contributed by atoms with Crippen LogP contribution >= 0.6 is 0 Å². The van der Waals surface area contributed by atoms with E-state index in [0.717, 1.165) is 30.4 Å². The topological polar surface area (TPSA) is 79.4 Å². The van der Waals surface area contributed by atoms with Crippen LogP contribution in [0.2, 0.25) is 0 Å². The average Bonchev–Trinajstić information content (AvgIpc) is 3.31. The van der Waals surface area contributed by atoms with Gasteiger partial charge in [0.25, 0.3) is 5.91 Å². The monoisotopic (exact) mass is 435 g/mol. The molecule has 0 radical (unpaired) electrons. The number of nitrogens with zero attached hydrogens (tertiary/aromatic N) is 3. The molecule has 2 aromatic carbocycles. The van der Waals surface area contributed by atoms with Crippen molar-refractivity contribution in [1.82, 2.24) is 9.97 Å². The number of carbonyl (C=O) groups excluding carboxylic acids is 1. The Labute approximate surface area is 186 Å². The van der Waals surface area contributed by atoms with Crippen LogP contribution in [0, 0.1) is 12.7 Å². The molecule has 8 heteroatoms. The highest BCUT2D eigenvalue weighted by Crippen LogP contribution is 2.24. The molecule has 0 saturated carbocycles. The lowest BCUT2D eigenvalue weighted by atomic mass is 10.2. The van der Waals surface area contributed by atoms with Crippen molar-refractivity contribution in [2.24, 2.45) is 0 Å². The van der Waals surface area contributed by atoms with Gasteiger partial charge in [0.15, 0.2) is 17.7 Å². The smallest absolute Gasteiger partial charge is 0.265 e. The minimum absolute atomic E-state index is 0.0446. The number of hydrogen-bond donors (Lipinski definition) is 2. The fraction of sp³-hybridized carbons (Fsp3) is 0.292. The van der Waals surface area contributed by atoms with Gasteiger partial charge in [-0.3, -0.25) is 4.79 Å². The minimum atomic E-state index is -0.849. The van der Waals surface area contributed by atoms with Crippen LogP contribution in [-0.2, 0) is 4.79 Å². The molecule has 1 aliphatic rings. The highest BCUT2D eigenvalue weighted by atomic mass is 19.1. The lowest BCUT2D eigenvalue weighted by molar-refractivity contribution is -0.122. The zero-order chi connectivity index (χ0) is 22.5. The number of para-hydroxylation sites is 1. The summed E-state index contributed by atoms with van der Waals surface area (Å²) in [6.07, 6.45) is 1.52. The van der Waals surface area contributed by atoms with Gasteiger partial charge >= 0.3 is 0 Å². The maximum Gasteiger partial charge on any atom is 0.265 e. The fourth-order valence-corrected chi connectivity index (χ4v) is 3.54. The summed E-state index contributed by atoms with van der Waals surface area (Å²) in [5.74, 6) is 1.55. The van der Waals surface area contributed by atoms with Crippen molar-refractivity contribution < 1.29 is 13.9 Å². The standard InChI is InChI=1S/C24H26FN5O2/c1-16(32-21-8-4-3-7-20(21)25)24(31)29-19-11-9-18(10-12-19)28-22-15-23(27-17(2)26-22)30-13-5-6-14-30/h3-4,7-12,15-16H,5-6,13-14H2,1-2H3,(H,29,31)(H,26,27,28). The predicted molar refractivity (Wildman–Crippen MR) is 123 cm³/mol. The number of halogens is 1. The zero-order valence-corrected chi connectivity index (χ0v) is 18.1. The van der Waals surface area contributed by atoms with Gasteiger partial charge in [0.2, 0.25) is 0 Å². The van der Waals surface area contributed by atoms with Crippen LogP contribution in [-0.4, -0.2) is 35.1 Å². The lowest BCUT2D eigenvalue weighted by Gasteiger charge is -2.18. The van der Waals surface area contributed by atoms with Crippen LogP contribution in [0.4, 0.5) is 27.4 Å². The van der Waals surface area contributed by atoms with Gasteiger partial charge in [-0.2, -0.15) is 0 Å². The van der Waals surface area contributed by atoms with Crippen molar-refractivity contribution in [1.29, 1.82) is 0 Å². The van der Waals surface area contributed by atoms with Gasteiger partial charge in [-0.05, 0) is 63.1 Å². The molecule has 32 heavy (non-hydrogen) atoms. The van der Waals surface area contributed by atoms with E-state index in [0.29, 0.717) is 11.5 Å². The van der Waals surface area contributed by atoms with E-state index in [-0.39, 0.29) is 11.7 Å². The number of amides is 1. The second kappa shape index (κ2) is 9.64. The van der Waals surface area contributed by atoms with Crippen LogP contribution in [0.25, 0.3) is 0 Å². The summed E-state index contributed by atoms with van der Waals surface area (Å²) in [5.41, 5.74) is 1.45. The summed E-state index contributed by atoms with van der Waals surface area (Å²) in [4.78, 5) is 23.7. The quantitative estimate of drug-likeness (QED) is 0.561. The average molecular weight is 436 g/mol. The van der Waals surface area contributed by atoms with E-state index < -0.39 is 11.9 Å². The van der Waals surface area contributed by atoms with Gasteiger partial charge < -0.3 is 20.3 Å². The second-order valence-corrected chi connectivity index (χ2v) is 7.73. The number of anilines is 4. The summed E-state index contributed by atoms with van der Waals surface area (Å²) in [5, 5.41) is 6.08. The molecular formula is C24H26FN5O2. The Balaban J connectivity index is 1.37. The van der Waals surface area contributed by atoms with Crippen LogP contribution in [0.3, 0.4) is 0 Å². The number of aryl methyl sites for hydroxylation is 1. The summed E-state index contributed by atoms with van der Waals surface area (Å²) in [6, 6.07) is 15.2.